The van der Waals surface area contributed by atoms with Crippen LogP contribution in [0.2, 0.25) is 0 Å². The van der Waals surface area contributed by atoms with Gasteiger partial charge in [-0.15, -0.1) is 0 Å². The van der Waals surface area contributed by atoms with Gasteiger partial charge in [0.25, 0.3) is 0 Å². The molecule has 1 aromatic heterocycles. The molecular formula is C11H12F3N3O. The Bertz CT molecular complexity index is 577. The summed E-state index contributed by atoms with van der Waals surface area (Å²) in [5.74, 6) is -1.02. The van der Waals surface area contributed by atoms with Gasteiger partial charge in [-0.2, -0.15) is 13.2 Å². The highest BCUT2D eigenvalue weighted by Crippen LogP contribution is 2.34. The number of hydrogen-bond donors (Lipinski definition) is 2. The van der Waals surface area contributed by atoms with Crippen molar-refractivity contribution in [3.8, 4) is 0 Å². The fourth-order valence-electron chi connectivity index (χ4n) is 1.84. The molecule has 0 bridgehead atoms. The predicted octanol–water partition coefficient (Wildman–Crippen LogP) is 2.19. The lowest BCUT2D eigenvalue weighted by Gasteiger charge is -2.16. The minimum absolute atomic E-state index is 0.169. The molecule has 0 aliphatic rings. The van der Waals surface area contributed by atoms with Gasteiger partial charge in [0, 0.05) is 5.69 Å². The van der Waals surface area contributed by atoms with Gasteiger partial charge < -0.3 is 15.4 Å². The highest BCUT2D eigenvalue weighted by Gasteiger charge is 2.38. The third-order valence-corrected chi connectivity index (χ3v) is 2.67. The second-order valence-electron chi connectivity index (χ2n) is 4.08. The molecule has 0 unspecified atom stereocenters. The van der Waals surface area contributed by atoms with Crippen molar-refractivity contribution in [2.75, 3.05) is 12.3 Å². The van der Waals surface area contributed by atoms with E-state index in [2.05, 4.69) is 4.98 Å². The molecule has 1 heterocycles. The second-order valence-corrected chi connectivity index (χ2v) is 4.08. The van der Waals surface area contributed by atoms with E-state index in [1.54, 1.807) is 0 Å². The average Bonchev–Trinajstić information content (AvgIpc) is 2.66. The molecule has 7 heteroatoms. The van der Waals surface area contributed by atoms with E-state index in [-0.39, 0.29) is 5.52 Å². The number of rotatable bonds is 2. The molecule has 18 heavy (non-hydrogen) atoms. The summed E-state index contributed by atoms with van der Waals surface area (Å²) >= 11 is 0. The first-order valence-corrected chi connectivity index (χ1v) is 5.30. The Morgan fingerprint density at radius 2 is 2.11 bits per heavy atom. The van der Waals surface area contributed by atoms with Crippen molar-refractivity contribution in [3.05, 3.63) is 24.0 Å². The van der Waals surface area contributed by atoms with Crippen LogP contribution in [0.15, 0.2) is 18.2 Å². The lowest BCUT2D eigenvalue weighted by molar-refractivity contribution is -0.147. The van der Waals surface area contributed by atoms with Crippen LogP contribution in [0.3, 0.4) is 0 Å². The third kappa shape index (κ3) is 2.01. The molecule has 1 atom stereocenters. The molecule has 0 saturated carbocycles. The summed E-state index contributed by atoms with van der Waals surface area (Å²) in [5, 5.41) is 9.07. The van der Waals surface area contributed by atoms with E-state index in [0.717, 1.165) is 4.57 Å². The Morgan fingerprint density at radius 3 is 2.67 bits per heavy atom. The molecule has 3 N–H and O–H groups in total. The predicted molar refractivity (Wildman–Crippen MR) is 60.9 cm³/mol. The molecule has 1 aromatic carbocycles. The number of aliphatic hydroxyl groups excluding tert-OH is 1. The maximum absolute atomic E-state index is 12.9. The minimum Gasteiger partial charge on any atom is -0.399 e. The number of anilines is 1. The monoisotopic (exact) mass is 259 g/mol. The molecule has 2 rings (SSSR count). The minimum atomic E-state index is -4.57. The zero-order chi connectivity index (χ0) is 13.5. The van der Waals surface area contributed by atoms with Crippen molar-refractivity contribution in [1.29, 1.82) is 0 Å². The van der Waals surface area contributed by atoms with Gasteiger partial charge in [0.2, 0.25) is 5.82 Å². The van der Waals surface area contributed by atoms with E-state index in [4.69, 9.17) is 10.8 Å². The quantitative estimate of drug-likeness (QED) is 0.812. The van der Waals surface area contributed by atoms with Crippen LogP contribution in [-0.2, 0) is 6.18 Å². The average molecular weight is 259 g/mol. The van der Waals surface area contributed by atoms with Crippen molar-refractivity contribution in [3.63, 3.8) is 0 Å². The molecule has 0 radical (unpaired) electrons. The highest BCUT2D eigenvalue weighted by atomic mass is 19.4. The van der Waals surface area contributed by atoms with Crippen molar-refractivity contribution < 1.29 is 18.3 Å². The van der Waals surface area contributed by atoms with E-state index in [1.807, 2.05) is 0 Å². The first-order valence-electron chi connectivity index (χ1n) is 5.30. The van der Waals surface area contributed by atoms with E-state index in [0.29, 0.717) is 11.2 Å². The van der Waals surface area contributed by atoms with Crippen LogP contribution in [0.5, 0.6) is 0 Å². The van der Waals surface area contributed by atoms with Crippen LogP contribution in [0.4, 0.5) is 18.9 Å². The summed E-state index contributed by atoms with van der Waals surface area (Å²) in [4.78, 5) is 3.56. The Balaban J connectivity index is 2.76. The molecule has 0 spiro atoms. The molecule has 0 amide bonds. The standard InChI is InChI=1S/C11H12F3N3O/c1-6(5-18)17-9-3-2-7(15)4-8(9)16-10(17)11(12,13)14/h2-4,6,18H,5,15H2,1H3/t6-/m0/s1. The number of nitrogens with zero attached hydrogens (tertiary/aromatic N) is 2. The number of fused-ring (bicyclic) bond motifs is 1. The molecule has 4 nitrogen and oxygen atoms in total. The summed E-state index contributed by atoms with van der Waals surface area (Å²) in [6, 6.07) is 3.64. The number of aliphatic hydroxyl groups is 1. The fraction of sp³-hybridized carbons (Fsp3) is 0.364. The van der Waals surface area contributed by atoms with Crippen molar-refractivity contribution in [2.24, 2.45) is 0 Å². The molecule has 0 saturated heterocycles. The number of nitrogen functional groups attached to an aromatic ring is 1. The van der Waals surface area contributed by atoms with Gasteiger partial charge in [0.1, 0.15) is 0 Å². The number of hydrogen-bond acceptors (Lipinski definition) is 3. The first-order chi connectivity index (χ1) is 8.34. The van der Waals surface area contributed by atoms with Crippen LogP contribution in [0, 0.1) is 0 Å². The van der Waals surface area contributed by atoms with Crippen LogP contribution in [0.25, 0.3) is 11.0 Å². The van der Waals surface area contributed by atoms with E-state index in [9.17, 15) is 13.2 Å². The summed E-state index contributed by atoms with van der Waals surface area (Å²) in [6.07, 6.45) is -4.57. The number of aromatic nitrogens is 2. The smallest absolute Gasteiger partial charge is 0.399 e. The first kappa shape index (κ1) is 12.7. The van der Waals surface area contributed by atoms with Gasteiger partial charge in [-0.05, 0) is 25.1 Å². The zero-order valence-corrected chi connectivity index (χ0v) is 9.57. The normalized spacial score (nSPS) is 14.1. The van der Waals surface area contributed by atoms with Crippen LogP contribution in [0.1, 0.15) is 18.8 Å². The van der Waals surface area contributed by atoms with Crippen LogP contribution < -0.4 is 5.73 Å². The molecule has 2 aromatic rings. The van der Waals surface area contributed by atoms with E-state index < -0.39 is 24.6 Å². The van der Waals surface area contributed by atoms with Crippen molar-refractivity contribution in [2.45, 2.75) is 19.1 Å². The number of alkyl halides is 3. The summed E-state index contributed by atoms with van der Waals surface area (Å²) in [5.41, 5.74) is 6.34. The second kappa shape index (κ2) is 4.16. The maximum Gasteiger partial charge on any atom is 0.449 e. The third-order valence-electron chi connectivity index (χ3n) is 2.67. The summed E-state index contributed by atoms with van der Waals surface area (Å²) in [7, 11) is 0. The molecule has 0 aliphatic heterocycles. The molecule has 0 fully saturated rings. The fourth-order valence-corrected chi connectivity index (χ4v) is 1.84. The Morgan fingerprint density at radius 1 is 1.44 bits per heavy atom. The molecule has 98 valence electrons. The highest BCUT2D eigenvalue weighted by molar-refractivity contribution is 5.80. The van der Waals surface area contributed by atoms with Gasteiger partial charge in [-0.3, -0.25) is 0 Å². The van der Waals surface area contributed by atoms with Gasteiger partial charge >= 0.3 is 6.18 Å². The molecule has 0 aliphatic carbocycles. The Hall–Kier alpha value is -1.76. The lowest BCUT2D eigenvalue weighted by atomic mass is 10.2. The topological polar surface area (TPSA) is 64.1 Å². The summed E-state index contributed by atoms with van der Waals surface area (Å²) < 4.78 is 39.6. The van der Waals surface area contributed by atoms with E-state index >= 15 is 0 Å². The Kier molecular flexibility index (Phi) is 2.94. The Labute approximate surface area is 101 Å². The van der Waals surface area contributed by atoms with Gasteiger partial charge in [0.05, 0.1) is 23.7 Å². The van der Waals surface area contributed by atoms with Gasteiger partial charge in [0.15, 0.2) is 0 Å². The number of halogens is 3. The number of imidazole rings is 1. The van der Waals surface area contributed by atoms with Gasteiger partial charge in [-0.25, -0.2) is 4.98 Å². The number of benzene rings is 1. The van der Waals surface area contributed by atoms with Crippen LogP contribution >= 0.6 is 0 Å². The largest absolute Gasteiger partial charge is 0.449 e. The van der Waals surface area contributed by atoms with Crippen molar-refractivity contribution in [1.82, 2.24) is 9.55 Å². The molecular weight excluding hydrogens is 247 g/mol. The SMILES string of the molecule is C[C@@H](CO)n1c(C(F)(F)F)nc2cc(N)ccc21. The summed E-state index contributed by atoms with van der Waals surface area (Å²) in [6.45, 7) is 1.09. The number of nitrogens with two attached hydrogens (primary N) is 1. The van der Waals surface area contributed by atoms with Gasteiger partial charge in [-0.1, -0.05) is 0 Å². The van der Waals surface area contributed by atoms with Crippen LogP contribution in [-0.4, -0.2) is 21.3 Å². The van der Waals surface area contributed by atoms with E-state index in [1.165, 1.54) is 25.1 Å². The zero-order valence-electron chi connectivity index (χ0n) is 9.57. The van der Waals surface area contributed by atoms with Crippen molar-refractivity contribution >= 4 is 16.7 Å². The maximum atomic E-state index is 12.9. The lowest BCUT2D eigenvalue weighted by Crippen LogP contribution is -2.19.